The van der Waals surface area contributed by atoms with Crippen molar-refractivity contribution in [1.29, 1.82) is 0 Å². The van der Waals surface area contributed by atoms with Gasteiger partial charge in [-0.05, 0) is 57.3 Å². The quantitative estimate of drug-likeness (QED) is 0.0396. The molecular formula is C35H54O6Si. The van der Waals surface area contributed by atoms with E-state index in [2.05, 4.69) is 53.6 Å². The highest BCUT2D eigenvalue weighted by atomic mass is 28.4. The van der Waals surface area contributed by atoms with Gasteiger partial charge in [0.25, 0.3) is 0 Å². The maximum absolute atomic E-state index is 12.7. The maximum atomic E-state index is 12.7. The molecule has 1 saturated heterocycles. The number of hydrogen-bond donors (Lipinski definition) is 0. The smallest absolute Gasteiger partial charge is 0.331 e. The standard InChI is InChI=1S/C35H54O6Si/c1-11-20-38-21-19-28(4)23-33(26-39-42(9,10)35(6,7)8)41-34(37)18-13-15-27(3)22-30(36)16-14-17-32-25-29(5)24-31(12-2)40-32/h11-16,18-19,31-33H,1-2,5,17,20-26H2,3-4,6-10H3/b16-14+,18-13+,27-15-,28-19-/t31-,32+,33-/m1/s1. The molecule has 1 aliphatic rings. The van der Waals surface area contributed by atoms with E-state index >= 15 is 0 Å². The van der Waals surface area contributed by atoms with Gasteiger partial charge in [-0.3, -0.25) is 4.79 Å². The normalized spacial score (nSPS) is 19.7. The molecule has 1 heterocycles. The molecule has 1 fully saturated rings. The van der Waals surface area contributed by atoms with Crippen LogP contribution in [0.25, 0.3) is 0 Å². The number of esters is 1. The van der Waals surface area contributed by atoms with E-state index < -0.39 is 20.4 Å². The first-order chi connectivity index (χ1) is 19.7. The summed E-state index contributed by atoms with van der Waals surface area (Å²) < 4.78 is 23.6. The summed E-state index contributed by atoms with van der Waals surface area (Å²) in [5.41, 5.74) is 3.05. The van der Waals surface area contributed by atoms with Crippen LogP contribution in [0.15, 0.2) is 85.1 Å². The van der Waals surface area contributed by atoms with Crippen LogP contribution in [0, 0.1) is 0 Å². The van der Waals surface area contributed by atoms with Gasteiger partial charge in [0, 0.05) is 18.9 Å². The van der Waals surface area contributed by atoms with Crippen molar-refractivity contribution in [2.75, 3.05) is 19.8 Å². The highest BCUT2D eigenvalue weighted by molar-refractivity contribution is 6.74. The Bertz CT molecular complexity index is 1040. The van der Waals surface area contributed by atoms with Crippen LogP contribution in [-0.2, 0) is 28.2 Å². The van der Waals surface area contributed by atoms with E-state index in [4.69, 9.17) is 18.6 Å². The fourth-order valence-electron chi connectivity index (χ4n) is 4.00. The van der Waals surface area contributed by atoms with Gasteiger partial charge in [0.2, 0.25) is 0 Å². The van der Waals surface area contributed by atoms with Crippen molar-refractivity contribution in [2.24, 2.45) is 0 Å². The van der Waals surface area contributed by atoms with E-state index in [1.54, 1.807) is 30.4 Å². The summed E-state index contributed by atoms with van der Waals surface area (Å²) >= 11 is 0. The van der Waals surface area contributed by atoms with Crippen LogP contribution in [0.5, 0.6) is 0 Å². The lowest BCUT2D eigenvalue weighted by molar-refractivity contribution is -0.144. The molecule has 3 atom stereocenters. The lowest BCUT2D eigenvalue weighted by Crippen LogP contribution is -2.43. The van der Waals surface area contributed by atoms with Crippen molar-refractivity contribution >= 4 is 20.1 Å². The molecule has 42 heavy (non-hydrogen) atoms. The summed E-state index contributed by atoms with van der Waals surface area (Å²) in [6, 6.07) is 0. The summed E-state index contributed by atoms with van der Waals surface area (Å²) in [7, 11) is -2.02. The second-order valence-electron chi connectivity index (χ2n) is 12.6. The third kappa shape index (κ3) is 15.6. The molecule has 7 heteroatoms. The van der Waals surface area contributed by atoms with Crippen LogP contribution >= 0.6 is 0 Å². The molecule has 0 N–H and O–H groups in total. The van der Waals surface area contributed by atoms with E-state index in [-0.39, 0.29) is 29.5 Å². The number of carbonyl (C=O) groups excluding carboxylic acids is 2. The van der Waals surface area contributed by atoms with E-state index in [0.717, 1.165) is 29.6 Å². The van der Waals surface area contributed by atoms with Crippen LogP contribution in [0.1, 0.15) is 66.7 Å². The van der Waals surface area contributed by atoms with Crippen molar-refractivity contribution in [3.63, 3.8) is 0 Å². The average Bonchev–Trinajstić information content (AvgIpc) is 2.88. The van der Waals surface area contributed by atoms with Gasteiger partial charge >= 0.3 is 5.97 Å². The summed E-state index contributed by atoms with van der Waals surface area (Å²) in [5, 5.41) is 0.0488. The molecule has 0 bridgehead atoms. The molecule has 0 aromatic rings. The van der Waals surface area contributed by atoms with Crippen molar-refractivity contribution in [3.05, 3.63) is 85.1 Å². The third-order valence-electron chi connectivity index (χ3n) is 7.46. The zero-order chi connectivity index (χ0) is 31.8. The van der Waals surface area contributed by atoms with Gasteiger partial charge in [-0.1, -0.05) is 80.5 Å². The lowest BCUT2D eigenvalue weighted by Gasteiger charge is -2.37. The molecule has 0 aromatic carbocycles. The number of allylic oxidation sites excluding steroid dienone is 4. The third-order valence-corrected chi connectivity index (χ3v) is 12.0. The molecule has 0 aliphatic carbocycles. The number of rotatable bonds is 18. The Morgan fingerprint density at radius 1 is 1.10 bits per heavy atom. The lowest BCUT2D eigenvalue weighted by atomic mass is 9.97. The van der Waals surface area contributed by atoms with Crippen LogP contribution in [-0.4, -0.2) is 58.2 Å². The van der Waals surface area contributed by atoms with Crippen molar-refractivity contribution < 1.29 is 28.2 Å². The molecule has 0 aromatic heterocycles. The summed E-state index contributed by atoms with van der Waals surface area (Å²) in [6.07, 6.45) is 16.4. The van der Waals surface area contributed by atoms with Gasteiger partial charge in [0.05, 0.1) is 32.0 Å². The van der Waals surface area contributed by atoms with E-state index in [1.807, 2.05) is 26.0 Å². The van der Waals surface area contributed by atoms with Crippen molar-refractivity contribution in [1.82, 2.24) is 0 Å². The zero-order valence-corrected chi connectivity index (χ0v) is 28.1. The molecule has 1 aliphatic heterocycles. The van der Waals surface area contributed by atoms with Gasteiger partial charge in [-0.2, -0.15) is 0 Å². The largest absolute Gasteiger partial charge is 0.456 e. The molecule has 0 saturated carbocycles. The van der Waals surface area contributed by atoms with Crippen LogP contribution < -0.4 is 0 Å². The molecule has 0 amide bonds. The number of ketones is 1. The molecule has 6 nitrogen and oxygen atoms in total. The van der Waals surface area contributed by atoms with E-state index in [9.17, 15) is 9.59 Å². The predicted molar refractivity (Wildman–Crippen MR) is 176 cm³/mol. The minimum absolute atomic E-state index is 0.00296. The molecule has 1 rings (SSSR count). The van der Waals surface area contributed by atoms with Gasteiger partial charge in [0.1, 0.15) is 6.10 Å². The second-order valence-corrected chi connectivity index (χ2v) is 17.4. The predicted octanol–water partition coefficient (Wildman–Crippen LogP) is 8.16. The van der Waals surface area contributed by atoms with Crippen molar-refractivity contribution in [3.8, 4) is 0 Å². The Balaban J connectivity index is 2.69. The van der Waals surface area contributed by atoms with Crippen LogP contribution in [0.2, 0.25) is 18.1 Å². The Labute approximate surface area is 256 Å². The Morgan fingerprint density at radius 2 is 1.81 bits per heavy atom. The minimum atomic E-state index is -2.02. The Kier molecular flexibility index (Phi) is 16.8. The SMILES string of the molecule is C=CCOC/C=C(/C)C[C@H](CO[Si](C)(C)C(C)(C)C)OC(=O)/C=C/C=C(/C)CC(=O)/C=C/C[C@H]1CC(=C)C[C@@H](C=C)O1. The van der Waals surface area contributed by atoms with Gasteiger partial charge in [0.15, 0.2) is 14.1 Å². The zero-order valence-electron chi connectivity index (χ0n) is 27.1. The fourth-order valence-corrected chi connectivity index (χ4v) is 5.03. The topological polar surface area (TPSA) is 71.1 Å². The minimum Gasteiger partial charge on any atom is -0.456 e. The van der Waals surface area contributed by atoms with E-state index in [0.29, 0.717) is 32.7 Å². The average molecular weight is 599 g/mol. The van der Waals surface area contributed by atoms with Crippen molar-refractivity contribution in [2.45, 2.75) is 103 Å². The number of carbonyl (C=O) groups is 2. The first-order valence-corrected chi connectivity index (χ1v) is 17.7. The van der Waals surface area contributed by atoms with Crippen LogP contribution in [0.3, 0.4) is 0 Å². The molecule has 0 radical (unpaired) electrons. The van der Waals surface area contributed by atoms with Gasteiger partial charge < -0.3 is 18.6 Å². The molecule has 0 spiro atoms. The Morgan fingerprint density at radius 3 is 2.45 bits per heavy atom. The van der Waals surface area contributed by atoms with Crippen LogP contribution in [0.4, 0.5) is 0 Å². The van der Waals surface area contributed by atoms with E-state index in [1.165, 1.54) is 6.08 Å². The monoisotopic (exact) mass is 598 g/mol. The first kappa shape index (κ1) is 37.4. The summed E-state index contributed by atoms with van der Waals surface area (Å²) in [5.74, 6) is -0.450. The number of hydrogen-bond acceptors (Lipinski definition) is 6. The fraction of sp³-hybridized carbons (Fsp3) is 0.543. The van der Waals surface area contributed by atoms with Gasteiger partial charge in [-0.15, -0.1) is 13.2 Å². The first-order valence-electron chi connectivity index (χ1n) is 14.8. The molecule has 0 unspecified atom stereocenters. The highest BCUT2D eigenvalue weighted by Crippen LogP contribution is 2.36. The summed E-state index contributed by atoms with van der Waals surface area (Å²) in [6.45, 7) is 27.6. The number of ether oxygens (including phenoxy) is 3. The molecule has 234 valence electrons. The molecular weight excluding hydrogens is 544 g/mol. The second kappa shape index (κ2) is 18.8. The maximum Gasteiger partial charge on any atom is 0.331 e. The van der Waals surface area contributed by atoms with Gasteiger partial charge in [-0.25, -0.2) is 4.79 Å². The summed E-state index contributed by atoms with van der Waals surface area (Å²) in [4.78, 5) is 25.1. The highest BCUT2D eigenvalue weighted by Gasteiger charge is 2.38. The Hall–Kier alpha value is -2.58.